The number of aromatic amines is 1. The molecule has 2 atom stereocenters. The van der Waals surface area contributed by atoms with Crippen molar-refractivity contribution in [3.63, 3.8) is 0 Å². The van der Waals surface area contributed by atoms with Crippen LogP contribution in [0.4, 0.5) is 0 Å². The smallest absolute Gasteiger partial charge is 0.326 e. The molecular weight excluding hydrogens is 514 g/mol. The monoisotopic (exact) mass is 545 g/mol. The van der Waals surface area contributed by atoms with Gasteiger partial charge in [0.2, 0.25) is 0 Å². The molecule has 1 fully saturated rings. The Kier molecular flexibility index (Phi) is 9.03. The Hall–Kier alpha value is -3.41. The van der Waals surface area contributed by atoms with Crippen LogP contribution in [0.1, 0.15) is 42.0 Å². The van der Waals surface area contributed by atoms with Crippen molar-refractivity contribution in [2.24, 2.45) is 0 Å². The van der Waals surface area contributed by atoms with Crippen molar-refractivity contribution in [2.45, 2.75) is 44.5 Å². The second-order valence-corrected chi connectivity index (χ2v) is 10.6. The largest absolute Gasteiger partial charge is 0.468 e. The first-order chi connectivity index (χ1) is 18.2. The first kappa shape index (κ1) is 27.6. The molecule has 2 aromatic carbocycles. The van der Waals surface area contributed by atoms with Crippen molar-refractivity contribution in [3.05, 3.63) is 65.4 Å². The summed E-state index contributed by atoms with van der Waals surface area (Å²) < 4.78 is 50.3. The molecule has 4 rings (SSSR count). The van der Waals surface area contributed by atoms with E-state index in [0.717, 1.165) is 31.1 Å². The third kappa shape index (κ3) is 7.12. The molecule has 0 amide bonds. The molecule has 1 aliphatic rings. The Bertz CT molecular complexity index is 1360. The molecule has 38 heavy (non-hydrogen) atoms. The highest BCUT2D eigenvalue weighted by molar-refractivity contribution is 7.86. The minimum atomic E-state index is -3.75. The van der Waals surface area contributed by atoms with Gasteiger partial charge < -0.3 is 28.1 Å². The summed E-state index contributed by atoms with van der Waals surface area (Å²) in [5.74, 6) is -2.87. The molecule has 1 aromatic heterocycles. The number of fused-ring (bicyclic) bond motifs is 1. The van der Waals surface area contributed by atoms with Gasteiger partial charge in [-0.25, -0.2) is 0 Å². The normalized spacial score (nSPS) is 16.6. The number of ether oxygens (including phenoxy) is 4. The molecule has 2 heterocycles. The van der Waals surface area contributed by atoms with E-state index < -0.39 is 28.0 Å². The first-order valence-electron chi connectivity index (χ1n) is 12.3. The molecule has 0 spiro atoms. The predicted molar refractivity (Wildman–Crippen MR) is 138 cm³/mol. The molecule has 2 unspecified atom stereocenters. The summed E-state index contributed by atoms with van der Waals surface area (Å²) in [6, 6.07) is 13.8. The molecule has 3 aromatic rings. The van der Waals surface area contributed by atoms with Gasteiger partial charge in [-0.1, -0.05) is 30.3 Å². The van der Waals surface area contributed by atoms with Crippen molar-refractivity contribution < 1.29 is 41.1 Å². The first-order valence-corrected chi connectivity index (χ1v) is 14.1. The van der Waals surface area contributed by atoms with Crippen LogP contribution in [-0.4, -0.2) is 58.2 Å². The average Bonchev–Trinajstić information content (AvgIpc) is 3.24. The highest BCUT2D eigenvalue weighted by Gasteiger charge is 2.35. The summed E-state index contributed by atoms with van der Waals surface area (Å²) >= 11 is 0. The van der Waals surface area contributed by atoms with Gasteiger partial charge in [0.15, 0.2) is 12.2 Å². The number of benzene rings is 2. The van der Waals surface area contributed by atoms with E-state index in [9.17, 15) is 18.0 Å². The van der Waals surface area contributed by atoms with E-state index in [1.54, 1.807) is 6.07 Å². The van der Waals surface area contributed by atoms with Crippen LogP contribution in [0.3, 0.4) is 0 Å². The predicted octanol–water partition coefficient (Wildman–Crippen LogP) is 3.59. The van der Waals surface area contributed by atoms with Gasteiger partial charge in [0.05, 0.1) is 20.0 Å². The number of esters is 2. The second-order valence-electron chi connectivity index (χ2n) is 8.98. The van der Waals surface area contributed by atoms with Crippen molar-refractivity contribution in [1.82, 2.24) is 4.98 Å². The molecular formula is C27H31NO9S. The lowest BCUT2D eigenvalue weighted by Gasteiger charge is -2.23. The summed E-state index contributed by atoms with van der Waals surface area (Å²) in [5.41, 5.74) is 2.18. The number of rotatable bonds is 11. The van der Waals surface area contributed by atoms with Gasteiger partial charge in [-0.3, -0.25) is 9.59 Å². The van der Waals surface area contributed by atoms with Crippen LogP contribution < -0.4 is 4.18 Å². The Labute approximate surface area is 221 Å². The van der Waals surface area contributed by atoms with E-state index in [2.05, 4.69) is 4.98 Å². The van der Waals surface area contributed by atoms with Gasteiger partial charge >= 0.3 is 22.1 Å². The van der Waals surface area contributed by atoms with Crippen LogP contribution >= 0.6 is 0 Å². The van der Waals surface area contributed by atoms with Crippen LogP contribution in [0.25, 0.3) is 10.9 Å². The standard InChI is InChI=1S/C27H31NO9S/c1-33-26(29)24(27(30)36-17-18-8-4-3-5-9-18)25-21(13-15-35-23-10-6-7-14-34-23)20-12-11-19(16-22(20)28-25)37-38(2,31)32/h3-5,8-9,11-12,16,23-24,28H,6-7,10,13-15,17H2,1-2H3. The maximum absolute atomic E-state index is 13.2. The highest BCUT2D eigenvalue weighted by Crippen LogP contribution is 2.33. The minimum absolute atomic E-state index is 0.0167. The van der Waals surface area contributed by atoms with E-state index in [-0.39, 0.29) is 30.9 Å². The summed E-state index contributed by atoms with van der Waals surface area (Å²) in [6.07, 6.45) is 3.80. The molecule has 0 saturated carbocycles. The van der Waals surface area contributed by atoms with Gasteiger partial charge in [0, 0.05) is 29.3 Å². The zero-order chi connectivity index (χ0) is 27.1. The summed E-state index contributed by atoms with van der Waals surface area (Å²) in [6.45, 7) is 0.903. The highest BCUT2D eigenvalue weighted by atomic mass is 32.2. The number of hydrogen-bond donors (Lipinski definition) is 1. The van der Waals surface area contributed by atoms with Crippen LogP contribution in [0.2, 0.25) is 0 Å². The van der Waals surface area contributed by atoms with Gasteiger partial charge in [-0.2, -0.15) is 8.42 Å². The number of carbonyl (C=O) groups is 2. The number of nitrogens with one attached hydrogen (secondary N) is 1. The second kappa shape index (κ2) is 12.4. The van der Waals surface area contributed by atoms with E-state index in [0.29, 0.717) is 29.5 Å². The van der Waals surface area contributed by atoms with E-state index in [1.807, 2.05) is 30.3 Å². The maximum Gasteiger partial charge on any atom is 0.326 e. The fourth-order valence-electron chi connectivity index (χ4n) is 4.39. The Balaban J connectivity index is 1.66. The Morgan fingerprint density at radius 1 is 1.11 bits per heavy atom. The van der Waals surface area contributed by atoms with Gasteiger partial charge in [-0.05, 0) is 48.9 Å². The lowest BCUT2D eigenvalue weighted by atomic mass is 9.98. The van der Waals surface area contributed by atoms with E-state index in [1.165, 1.54) is 19.2 Å². The molecule has 10 nitrogen and oxygen atoms in total. The van der Waals surface area contributed by atoms with Gasteiger partial charge in [0.1, 0.15) is 12.4 Å². The van der Waals surface area contributed by atoms with Gasteiger partial charge in [-0.15, -0.1) is 0 Å². The van der Waals surface area contributed by atoms with Crippen LogP contribution in [0, 0.1) is 0 Å². The van der Waals surface area contributed by atoms with Crippen molar-refractivity contribution >= 4 is 33.0 Å². The summed E-state index contributed by atoms with van der Waals surface area (Å²) in [4.78, 5) is 29.2. The Morgan fingerprint density at radius 3 is 2.58 bits per heavy atom. The number of carbonyl (C=O) groups excluding carboxylic acids is 2. The van der Waals surface area contributed by atoms with E-state index in [4.69, 9.17) is 23.1 Å². The van der Waals surface area contributed by atoms with Crippen LogP contribution in [0.15, 0.2) is 48.5 Å². The van der Waals surface area contributed by atoms with Crippen LogP contribution in [0.5, 0.6) is 5.75 Å². The third-order valence-electron chi connectivity index (χ3n) is 6.14. The maximum atomic E-state index is 13.2. The molecule has 0 aliphatic carbocycles. The van der Waals surface area contributed by atoms with Crippen molar-refractivity contribution in [1.29, 1.82) is 0 Å². The SMILES string of the molecule is COC(=O)C(C(=O)OCc1ccccc1)c1[nH]c2cc(OS(C)(=O)=O)ccc2c1CCOC1CCCCO1. The number of methoxy groups -OCH3 is 1. The minimum Gasteiger partial charge on any atom is -0.468 e. The molecule has 0 radical (unpaired) electrons. The van der Waals surface area contributed by atoms with Crippen LogP contribution in [-0.2, 0) is 51.7 Å². The van der Waals surface area contributed by atoms with E-state index >= 15 is 0 Å². The summed E-state index contributed by atoms with van der Waals surface area (Å²) in [7, 11) is -2.55. The third-order valence-corrected chi connectivity index (χ3v) is 6.63. The Morgan fingerprint density at radius 2 is 1.89 bits per heavy atom. The molecule has 0 bridgehead atoms. The topological polar surface area (TPSA) is 130 Å². The number of hydrogen-bond acceptors (Lipinski definition) is 9. The zero-order valence-electron chi connectivity index (χ0n) is 21.3. The average molecular weight is 546 g/mol. The summed E-state index contributed by atoms with van der Waals surface area (Å²) in [5, 5.41) is 0.679. The number of H-pyrrole nitrogens is 1. The molecule has 11 heteroatoms. The lowest BCUT2D eigenvalue weighted by molar-refractivity contribution is -0.162. The zero-order valence-corrected chi connectivity index (χ0v) is 22.1. The van der Waals surface area contributed by atoms with Crippen molar-refractivity contribution in [2.75, 3.05) is 26.6 Å². The molecule has 204 valence electrons. The fourth-order valence-corrected chi connectivity index (χ4v) is 4.85. The molecule has 1 aliphatic heterocycles. The fraction of sp³-hybridized carbons (Fsp3) is 0.407. The number of aromatic nitrogens is 1. The van der Waals surface area contributed by atoms with Crippen molar-refractivity contribution in [3.8, 4) is 5.75 Å². The lowest BCUT2D eigenvalue weighted by Crippen LogP contribution is -2.27. The quantitative estimate of drug-likeness (QED) is 0.218. The van der Waals surface area contributed by atoms with Gasteiger partial charge in [0.25, 0.3) is 0 Å². The molecule has 1 N–H and O–H groups in total. The molecule has 1 saturated heterocycles.